The molecule has 4 atom stereocenters. The minimum absolute atomic E-state index is 0.00574. The fourth-order valence-corrected chi connectivity index (χ4v) is 8.45. The normalized spacial score (nSPS) is 18.0. The van der Waals surface area contributed by atoms with Gasteiger partial charge in [-0.15, -0.1) is 0 Å². The van der Waals surface area contributed by atoms with Crippen LogP contribution >= 0.6 is 11.6 Å². The van der Waals surface area contributed by atoms with Crippen molar-refractivity contribution in [3.63, 3.8) is 0 Å². The molecule has 1 fully saturated rings. The molecular formula is C36H37ClF2N4O5S. The molecule has 3 N–H and O–H groups in total. The van der Waals surface area contributed by atoms with Crippen LogP contribution in [0.3, 0.4) is 0 Å². The van der Waals surface area contributed by atoms with Crippen molar-refractivity contribution in [3.8, 4) is 0 Å². The molecule has 0 radical (unpaired) electrons. The molecule has 13 heteroatoms. The van der Waals surface area contributed by atoms with Gasteiger partial charge in [0, 0.05) is 41.7 Å². The van der Waals surface area contributed by atoms with E-state index in [1.54, 1.807) is 55.5 Å². The molecule has 0 aliphatic carbocycles. The summed E-state index contributed by atoms with van der Waals surface area (Å²) in [4.78, 5) is 28.5. The lowest BCUT2D eigenvalue weighted by atomic mass is 9.84. The minimum atomic E-state index is -3.90. The number of methoxy groups -OCH3 is 1. The molecule has 4 aromatic carbocycles. The van der Waals surface area contributed by atoms with E-state index in [4.69, 9.17) is 22.1 Å². The van der Waals surface area contributed by atoms with Gasteiger partial charge in [0.15, 0.2) is 0 Å². The second-order valence-electron chi connectivity index (χ2n) is 11.8. The highest BCUT2D eigenvalue weighted by atomic mass is 35.5. The highest BCUT2D eigenvalue weighted by Gasteiger charge is 2.39. The van der Waals surface area contributed by atoms with Crippen molar-refractivity contribution in [2.24, 2.45) is 5.73 Å². The van der Waals surface area contributed by atoms with Gasteiger partial charge in [-0.25, -0.2) is 26.9 Å². The van der Waals surface area contributed by atoms with Gasteiger partial charge in [-0.1, -0.05) is 60.1 Å². The molecule has 2 amide bonds. The van der Waals surface area contributed by atoms with Crippen LogP contribution in [0.1, 0.15) is 36.0 Å². The van der Waals surface area contributed by atoms with Crippen LogP contribution in [0.2, 0.25) is 5.02 Å². The highest BCUT2D eigenvalue weighted by molar-refractivity contribution is 7.89. The van der Waals surface area contributed by atoms with E-state index in [0.717, 1.165) is 7.11 Å². The van der Waals surface area contributed by atoms with E-state index in [9.17, 15) is 22.4 Å². The largest absolute Gasteiger partial charge is 0.452 e. The average molecular weight is 711 g/mol. The van der Waals surface area contributed by atoms with Gasteiger partial charge in [-0.3, -0.25) is 4.79 Å². The first-order chi connectivity index (χ1) is 23.4. The number of halogens is 3. The van der Waals surface area contributed by atoms with Crippen molar-refractivity contribution in [1.82, 2.24) is 9.62 Å². The van der Waals surface area contributed by atoms with Crippen molar-refractivity contribution >= 4 is 39.3 Å². The summed E-state index contributed by atoms with van der Waals surface area (Å²) in [6, 6.07) is 21.7. The van der Waals surface area contributed by atoms with Crippen LogP contribution in [0, 0.1) is 11.6 Å². The summed E-state index contributed by atoms with van der Waals surface area (Å²) in [7, 11) is -2.82. The number of hydrogen-bond acceptors (Lipinski definition) is 7. The van der Waals surface area contributed by atoms with Gasteiger partial charge in [0.2, 0.25) is 10.0 Å². The summed E-state index contributed by atoms with van der Waals surface area (Å²) >= 11 is 6.27. The fraction of sp³-hybridized carbons (Fsp3) is 0.278. The third-order valence-corrected chi connectivity index (χ3v) is 10.9. The summed E-state index contributed by atoms with van der Waals surface area (Å²) < 4.78 is 64.1. The minimum Gasteiger partial charge on any atom is -0.452 e. The summed E-state index contributed by atoms with van der Waals surface area (Å²) in [6.45, 7) is 2.52. The Morgan fingerprint density at radius 3 is 2.33 bits per heavy atom. The summed E-state index contributed by atoms with van der Waals surface area (Å²) in [5, 5.41) is 3.60. The Morgan fingerprint density at radius 1 is 0.980 bits per heavy atom. The Kier molecular flexibility index (Phi) is 11.5. The Balaban J connectivity index is 1.51. The van der Waals surface area contributed by atoms with Crippen LogP contribution in [0.5, 0.6) is 0 Å². The number of carbonyl (C=O) groups excluding carboxylic acids is 2. The van der Waals surface area contributed by atoms with Gasteiger partial charge in [0.1, 0.15) is 11.6 Å². The first-order valence-corrected chi connectivity index (χ1v) is 17.5. The van der Waals surface area contributed by atoms with Gasteiger partial charge in [-0.2, -0.15) is 4.31 Å². The van der Waals surface area contributed by atoms with Crippen LogP contribution in [0.4, 0.5) is 19.3 Å². The van der Waals surface area contributed by atoms with E-state index in [2.05, 4.69) is 5.32 Å². The monoisotopic (exact) mass is 710 g/mol. The van der Waals surface area contributed by atoms with E-state index in [-0.39, 0.29) is 29.0 Å². The number of nitrogens with one attached hydrogen (secondary N) is 1. The average Bonchev–Trinajstić information content (AvgIpc) is 3.08. The van der Waals surface area contributed by atoms with E-state index < -0.39 is 57.7 Å². The number of anilines is 1. The van der Waals surface area contributed by atoms with Crippen molar-refractivity contribution in [2.75, 3.05) is 25.1 Å². The lowest BCUT2D eigenvalue weighted by Gasteiger charge is -2.40. The molecular weight excluding hydrogens is 674 g/mol. The summed E-state index contributed by atoms with van der Waals surface area (Å²) in [6.07, 6.45) is -1.00. The van der Waals surface area contributed by atoms with Crippen molar-refractivity contribution in [1.29, 1.82) is 0 Å². The van der Waals surface area contributed by atoms with Crippen molar-refractivity contribution in [3.05, 3.63) is 130 Å². The quantitative estimate of drug-likeness (QED) is 0.212. The number of hydrogen-bond donors (Lipinski definition) is 2. The zero-order chi connectivity index (χ0) is 35.3. The topological polar surface area (TPSA) is 122 Å². The third kappa shape index (κ3) is 7.84. The molecule has 4 aromatic rings. The molecule has 5 rings (SSSR count). The lowest BCUT2D eigenvalue weighted by molar-refractivity contribution is -0.119. The van der Waals surface area contributed by atoms with Gasteiger partial charge in [-0.05, 0) is 79.4 Å². The second-order valence-corrected chi connectivity index (χ2v) is 14.1. The zero-order valence-electron chi connectivity index (χ0n) is 26.9. The molecule has 1 aliphatic heterocycles. The number of ether oxygens (including phenoxy) is 1. The van der Waals surface area contributed by atoms with Crippen LogP contribution in [-0.2, 0) is 26.0 Å². The predicted octanol–water partition coefficient (Wildman–Crippen LogP) is 5.86. The summed E-state index contributed by atoms with van der Waals surface area (Å²) in [5.74, 6) is -3.17. The number of nitrogens with two attached hydrogens (primary N) is 1. The predicted molar refractivity (Wildman–Crippen MR) is 184 cm³/mol. The van der Waals surface area contributed by atoms with E-state index in [1.807, 2.05) is 0 Å². The van der Waals surface area contributed by atoms with Gasteiger partial charge in [0.05, 0.1) is 23.7 Å². The number of amides is 2. The lowest BCUT2D eigenvalue weighted by Crippen LogP contribution is -2.58. The first-order valence-electron chi connectivity index (χ1n) is 15.7. The van der Waals surface area contributed by atoms with E-state index >= 15 is 4.39 Å². The fourth-order valence-electron chi connectivity index (χ4n) is 6.39. The molecule has 9 nitrogen and oxygen atoms in total. The van der Waals surface area contributed by atoms with Crippen LogP contribution in [0.15, 0.2) is 102 Å². The molecule has 1 saturated heterocycles. The Labute approximate surface area is 289 Å². The zero-order valence-corrected chi connectivity index (χ0v) is 28.5. The molecule has 0 bridgehead atoms. The molecule has 0 saturated carbocycles. The van der Waals surface area contributed by atoms with Gasteiger partial charge < -0.3 is 15.8 Å². The molecule has 1 heterocycles. The second kappa shape index (κ2) is 15.6. The number of carbonyl (C=O) groups is 2. The number of nitrogens with zero attached hydrogens (tertiary/aromatic N) is 2. The molecule has 1 aliphatic rings. The SMILES string of the molecule is COC(=O)N(C(=O)[C@@H](N)[C@H](c1cccc(F)c1)c1cccc(Cl)c1)c1cccc(F)c1CC[C@H]1CNC[C@H](C)N1S(=O)(=O)c1ccccc1. The summed E-state index contributed by atoms with van der Waals surface area (Å²) in [5.41, 5.74) is 7.36. The smallest absolute Gasteiger partial charge is 0.420 e. The van der Waals surface area contributed by atoms with Crippen molar-refractivity contribution < 1.29 is 31.5 Å². The maximum absolute atomic E-state index is 15.7. The molecule has 0 spiro atoms. The molecule has 258 valence electrons. The molecule has 0 aromatic heterocycles. The number of rotatable bonds is 10. The number of piperazine rings is 1. The van der Waals surface area contributed by atoms with Crippen molar-refractivity contribution in [2.45, 2.75) is 48.7 Å². The van der Waals surface area contributed by atoms with Crippen LogP contribution < -0.4 is 16.0 Å². The highest BCUT2D eigenvalue weighted by Crippen LogP contribution is 2.34. The Hall–Kier alpha value is -4.20. The number of benzene rings is 4. The Bertz CT molecular complexity index is 1870. The van der Waals surface area contributed by atoms with Crippen LogP contribution in [-0.4, -0.2) is 63.0 Å². The van der Waals surface area contributed by atoms with E-state index in [1.165, 1.54) is 52.8 Å². The standard InChI is InChI=1S/C36H37ClF2N4O5S/c1-23-21-41-22-28(43(23)49(46,47)29-13-4-3-5-14-29)17-18-30-31(39)15-8-16-32(30)42(36(45)48-2)35(44)34(40)33(24-9-6-11-26(37)19-24)25-10-7-12-27(38)20-25/h3-16,19-20,23,28,33-34,41H,17-18,21-22,40H2,1-2H3/t23-,28-,33-,34-/m0/s1. The van der Waals surface area contributed by atoms with Gasteiger partial charge in [0.25, 0.3) is 5.91 Å². The van der Waals surface area contributed by atoms with Crippen LogP contribution in [0.25, 0.3) is 0 Å². The molecule has 49 heavy (non-hydrogen) atoms. The maximum atomic E-state index is 15.7. The molecule has 0 unspecified atom stereocenters. The van der Waals surface area contributed by atoms with E-state index in [0.29, 0.717) is 34.1 Å². The maximum Gasteiger partial charge on any atom is 0.420 e. The third-order valence-electron chi connectivity index (χ3n) is 8.63. The number of imide groups is 1. The first kappa shape index (κ1) is 36.1. The number of sulfonamides is 1. The van der Waals surface area contributed by atoms with Gasteiger partial charge >= 0.3 is 6.09 Å². The Morgan fingerprint density at radius 2 is 1.65 bits per heavy atom.